The number of anilines is 1. The van der Waals surface area contributed by atoms with Crippen molar-refractivity contribution in [3.63, 3.8) is 0 Å². The molecule has 39 heavy (non-hydrogen) atoms. The van der Waals surface area contributed by atoms with Crippen LogP contribution in [0, 0.1) is 6.92 Å². The summed E-state index contributed by atoms with van der Waals surface area (Å²) in [6.07, 6.45) is 9.49. The fourth-order valence-corrected chi connectivity index (χ4v) is 5.32. The highest BCUT2D eigenvalue weighted by Gasteiger charge is 2.58. The van der Waals surface area contributed by atoms with Crippen molar-refractivity contribution in [2.24, 2.45) is 0 Å². The molecule has 3 N–H and O–H groups in total. The Kier molecular flexibility index (Phi) is 12.5. The van der Waals surface area contributed by atoms with E-state index in [1.807, 2.05) is 39.0 Å². The summed E-state index contributed by atoms with van der Waals surface area (Å²) in [7, 11) is 0. The average molecular weight is 549 g/mol. The maximum Gasteiger partial charge on any atom is 0.319 e. The van der Waals surface area contributed by atoms with Crippen LogP contribution in [0.4, 0.5) is 10.5 Å². The predicted molar refractivity (Wildman–Crippen MR) is 150 cm³/mol. The molecule has 2 amide bonds. The molecular weight excluding hydrogens is 500 g/mol. The maximum atomic E-state index is 12.8. The van der Waals surface area contributed by atoms with Gasteiger partial charge in [-0.15, -0.1) is 0 Å². The van der Waals surface area contributed by atoms with E-state index < -0.39 is 48.4 Å². The molecule has 1 aromatic rings. The molecule has 9 nitrogen and oxygen atoms in total. The number of ether oxygens (including phenoxy) is 4. The van der Waals surface area contributed by atoms with Gasteiger partial charge in [0.2, 0.25) is 0 Å². The molecule has 0 spiro atoms. The van der Waals surface area contributed by atoms with Gasteiger partial charge in [0.1, 0.15) is 18.3 Å². The van der Waals surface area contributed by atoms with Crippen LogP contribution >= 0.6 is 0 Å². The van der Waals surface area contributed by atoms with Crippen LogP contribution in [0.1, 0.15) is 97.0 Å². The lowest BCUT2D eigenvalue weighted by molar-refractivity contribution is -0.236. The van der Waals surface area contributed by atoms with Crippen LogP contribution < -0.4 is 10.6 Å². The summed E-state index contributed by atoms with van der Waals surface area (Å²) in [4.78, 5) is 24.5. The van der Waals surface area contributed by atoms with Crippen molar-refractivity contribution in [1.29, 1.82) is 0 Å². The van der Waals surface area contributed by atoms with Gasteiger partial charge < -0.3 is 34.7 Å². The summed E-state index contributed by atoms with van der Waals surface area (Å²) >= 11 is 0. The van der Waals surface area contributed by atoms with Gasteiger partial charge in [-0.25, -0.2) is 4.79 Å². The van der Waals surface area contributed by atoms with Crippen molar-refractivity contribution in [3.05, 3.63) is 29.8 Å². The summed E-state index contributed by atoms with van der Waals surface area (Å²) in [5.41, 5.74) is 1.54. The lowest BCUT2D eigenvalue weighted by atomic mass is 10.0. The van der Waals surface area contributed by atoms with E-state index in [9.17, 15) is 14.7 Å². The number of para-hydroxylation sites is 1. The molecule has 220 valence electrons. The van der Waals surface area contributed by atoms with E-state index in [-0.39, 0.29) is 6.42 Å². The fraction of sp³-hybridized carbons (Fsp3) is 0.733. The zero-order valence-electron chi connectivity index (χ0n) is 24.1. The molecule has 2 heterocycles. The number of benzene rings is 1. The van der Waals surface area contributed by atoms with Crippen LogP contribution in [0.2, 0.25) is 0 Å². The molecule has 0 saturated carbocycles. The summed E-state index contributed by atoms with van der Waals surface area (Å²) in [5, 5.41) is 15.2. The first-order valence-corrected chi connectivity index (χ1v) is 14.7. The number of aliphatic carboxylic acids is 1. The molecule has 2 saturated heterocycles. The second-order valence-corrected chi connectivity index (χ2v) is 11.2. The van der Waals surface area contributed by atoms with E-state index >= 15 is 0 Å². The normalized spacial score (nSPS) is 24.3. The van der Waals surface area contributed by atoms with Gasteiger partial charge in [-0.05, 0) is 38.8 Å². The van der Waals surface area contributed by atoms with Crippen LogP contribution in [0.15, 0.2) is 24.3 Å². The molecule has 1 aromatic carbocycles. The minimum absolute atomic E-state index is 0.329. The third kappa shape index (κ3) is 10.0. The number of hydrogen-bond acceptors (Lipinski definition) is 6. The third-order valence-electron chi connectivity index (χ3n) is 7.33. The Bertz CT molecular complexity index is 909. The number of urea groups is 1. The molecule has 0 bridgehead atoms. The Balaban J connectivity index is 1.51. The van der Waals surface area contributed by atoms with Crippen LogP contribution in [0.3, 0.4) is 0 Å². The first-order chi connectivity index (χ1) is 18.7. The van der Waals surface area contributed by atoms with Gasteiger partial charge in [0.05, 0.1) is 12.5 Å². The largest absolute Gasteiger partial charge is 0.481 e. The maximum absolute atomic E-state index is 12.8. The van der Waals surface area contributed by atoms with Gasteiger partial charge in [0.25, 0.3) is 0 Å². The van der Waals surface area contributed by atoms with Crippen molar-refractivity contribution < 1.29 is 33.6 Å². The Morgan fingerprint density at radius 3 is 2.23 bits per heavy atom. The van der Waals surface area contributed by atoms with E-state index in [1.54, 1.807) is 6.07 Å². The second-order valence-electron chi connectivity index (χ2n) is 11.2. The van der Waals surface area contributed by atoms with Gasteiger partial charge in [0, 0.05) is 12.3 Å². The average Bonchev–Trinajstić information content (AvgIpc) is 3.36. The predicted octanol–water partition coefficient (Wildman–Crippen LogP) is 6.14. The van der Waals surface area contributed by atoms with Crippen LogP contribution in [-0.4, -0.2) is 60.1 Å². The highest BCUT2D eigenvalue weighted by molar-refractivity contribution is 5.90. The van der Waals surface area contributed by atoms with E-state index in [4.69, 9.17) is 18.9 Å². The molecule has 0 aromatic heterocycles. The first-order valence-electron chi connectivity index (χ1n) is 14.7. The van der Waals surface area contributed by atoms with Crippen molar-refractivity contribution in [2.75, 3.05) is 11.9 Å². The number of nitrogens with one attached hydrogen (secondary N) is 2. The zero-order valence-corrected chi connectivity index (χ0v) is 24.1. The summed E-state index contributed by atoms with van der Waals surface area (Å²) in [6.45, 7) is 8.27. The Hall–Kier alpha value is -2.20. The van der Waals surface area contributed by atoms with Crippen molar-refractivity contribution in [3.8, 4) is 0 Å². The molecule has 5 atom stereocenters. The van der Waals surface area contributed by atoms with Gasteiger partial charge >= 0.3 is 12.0 Å². The minimum atomic E-state index is -1.05. The quantitative estimate of drug-likeness (QED) is 0.200. The van der Waals surface area contributed by atoms with Crippen molar-refractivity contribution in [2.45, 2.75) is 135 Å². The van der Waals surface area contributed by atoms with Gasteiger partial charge in [-0.3, -0.25) is 4.79 Å². The molecule has 0 unspecified atom stereocenters. The lowest BCUT2D eigenvalue weighted by Gasteiger charge is -2.29. The molecule has 2 aliphatic rings. The standard InChI is InChI=1S/C30H48N2O7/c1-5-6-7-8-9-10-11-12-13-16-19-36-28-27-26(38-30(3,4)39-27)25(37-28)23(20-24(33)34)32-29(35)31-22-18-15-14-17-21(22)2/h14-15,17-18,23,25-28H,5-13,16,19-20H2,1-4H3,(H,33,34)(H2,31,32,35)/t23-,25+,26-,27-,28-/m0/s1. The van der Waals surface area contributed by atoms with Crippen LogP contribution in [0.25, 0.3) is 0 Å². The molecule has 9 heteroatoms. The molecule has 2 fully saturated rings. The Morgan fingerprint density at radius 1 is 0.974 bits per heavy atom. The first kappa shape index (κ1) is 31.3. The molecular formula is C30H48N2O7. The Labute approximate surface area is 233 Å². The SMILES string of the molecule is CCCCCCCCCCCCO[C@H]1O[C@H]([C@H](CC(=O)O)NC(=O)Nc2ccccc2C)[C@@H]2OC(C)(C)O[C@H]12. The Morgan fingerprint density at radius 2 is 1.59 bits per heavy atom. The highest BCUT2D eigenvalue weighted by Crippen LogP contribution is 2.40. The van der Waals surface area contributed by atoms with Gasteiger partial charge in [0.15, 0.2) is 12.1 Å². The monoisotopic (exact) mass is 548 g/mol. The number of carbonyl (C=O) groups is 2. The van der Waals surface area contributed by atoms with E-state index in [0.717, 1.165) is 18.4 Å². The zero-order chi connectivity index (χ0) is 28.3. The topological polar surface area (TPSA) is 115 Å². The minimum Gasteiger partial charge on any atom is -0.481 e. The summed E-state index contributed by atoms with van der Waals surface area (Å²) in [5.74, 6) is -1.92. The van der Waals surface area contributed by atoms with Crippen LogP contribution in [0.5, 0.6) is 0 Å². The lowest BCUT2D eigenvalue weighted by Crippen LogP contribution is -2.51. The van der Waals surface area contributed by atoms with E-state index in [1.165, 1.54) is 51.4 Å². The second kappa shape index (κ2) is 15.6. The van der Waals surface area contributed by atoms with E-state index in [2.05, 4.69) is 17.6 Å². The van der Waals surface area contributed by atoms with Gasteiger partial charge in [-0.1, -0.05) is 82.9 Å². The fourth-order valence-electron chi connectivity index (χ4n) is 5.32. The number of amides is 2. The number of carboxylic acids is 1. The summed E-state index contributed by atoms with van der Waals surface area (Å²) in [6, 6.07) is 6.03. The number of rotatable bonds is 17. The molecule has 3 rings (SSSR count). The van der Waals surface area contributed by atoms with Crippen LogP contribution in [-0.2, 0) is 23.7 Å². The van der Waals surface area contributed by atoms with E-state index in [0.29, 0.717) is 12.3 Å². The number of carbonyl (C=O) groups excluding carboxylic acids is 1. The number of fused-ring (bicyclic) bond motifs is 1. The molecule has 0 aliphatic carbocycles. The molecule has 2 aliphatic heterocycles. The number of unbranched alkanes of at least 4 members (excludes halogenated alkanes) is 9. The van der Waals surface area contributed by atoms with Crippen molar-refractivity contribution in [1.82, 2.24) is 5.32 Å². The number of aryl methyl sites for hydroxylation is 1. The summed E-state index contributed by atoms with van der Waals surface area (Å²) < 4.78 is 24.5. The van der Waals surface area contributed by atoms with Crippen molar-refractivity contribution >= 4 is 17.7 Å². The van der Waals surface area contributed by atoms with Gasteiger partial charge in [-0.2, -0.15) is 0 Å². The smallest absolute Gasteiger partial charge is 0.319 e. The highest BCUT2D eigenvalue weighted by atomic mass is 16.8. The molecule has 0 radical (unpaired) electrons. The number of hydrogen-bond donors (Lipinski definition) is 3. The number of carboxylic acid groups (broad SMARTS) is 1. The third-order valence-corrected chi connectivity index (χ3v) is 7.33.